The first-order valence-corrected chi connectivity index (χ1v) is 5.99. The molecule has 108 valence electrons. The molecule has 0 radical (unpaired) electrons. The van der Waals surface area contributed by atoms with Gasteiger partial charge in [-0.05, 0) is 29.8 Å². The largest absolute Gasteiger partial charge is 0.418 e. The van der Waals surface area contributed by atoms with Gasteiger partial charge in [-0.15, -0.1) is 0 Å². The fraction of sp³-hybridized carbons (Fsp3) is 0.231. The Balaban J connectivity index is 2.20. The highest BCUT2D eigenvalue weighted by atomic mass is 35.5. The molecule has 1 aromatic heterocycles. The smallest absolute Gasteiger partial charge is 0.379 e. The van der Waals surface area contributed by atoms with E-state index >= 15 is 0 Å². The Kier molecular flexibility index (Phi) is 4.06. The van der Waals surface area contributed by atoms with Crippen LogP contribution in [-0.2, 0) is 6.54 Å². The van der Waals surface area contributed by atoms with Gasteiger partial charge in [0.15, 0.2) is 6.10 Å². The van der Waals surface area contributed by atoms with Gasteiger partial charge in [0.25, 0.3) is 0 Å². The molecule has 1 unspecified atom stereocenters. The maximum atomic E-state index is 13.1. The second kappa shape index (κ2) is 5.46. The van der Waals surface area contributed by atoms with Gasteiger partial charge in [0, 0.05) is 29.5 Å². The summed E-state index contributed by atoms with van der Waals surface area (Å²) in [5.41, 5.74) is 0.167. The summed E-state index contributed by atoms with van der Waals surface area (Å²) in [6, 6.07) is 4.94. The molecule has 0 fully saturated rings. The fourth-order valence-corrected chi connectivity index (χ4v) is 1.95. The van der Waals surface area contributed by atoms with E-state index in [1.54, 1.807) is 0 Å². The molecule has 2 aromatic rings. The van der Waals surface area contributed by atoms with Crippen molar-refractivity contribution >= 4 is 11.6 Å². The van der Waals surface area contributed by atoms with E-state index in [1.807, 2.05) is 0 Å². The summed E-state index contributed by atoms with van der Waals surface area (Å²) >= 11 is 5.88. The van der Waals surface area contributed by atoms with Crippen molar-refractivity contribution < 1.29 is 22.7 Å². The minimum atomic E-state index is -4.72. The third-order valence-corrected chi connectivity index (χ3v) is 3.13. The van der Waals surface area contributed by atoms with Gasteiger partial charge < -0.3 is 9.67 Å². The lowest BCUT2D eigenvalue weighted by molar-refractivity contribution is -0.206. The van der Waals surface area contributed by atoms with Crippen LogP contribution in [0.2, 0.25) is 5.02 Å². The average Bonchev–Trinajstić information content (AvgIpc) is 2.80. The molecule has 0 aliphatic rings. The molecule has 0 saturated carbocycles. The third kappa shape index (κ3) is 3.32. The molecule has 7 heteroatoms. The molecule has 20 heavy (non-hydrogen) atoms. The van der Waals surface area contributed by atoms with Crippen molar-refractivity contribution in [3.05, 3.63) is 58.6 Å². The van der Waals surface area contributed by atoms with E-state index in [4.69, 9.17) is 16.7 Å². The lowest BCUT2D eigenvalue weighted by Crippen LogP contribution is -2.19. The van der Waals surface area contributed by atoms with Crippen LogP contribution >= 0.6 is 11.6 Å². The molecule has 2 nitrogen and oxygen atoms in total. The van der Waals surface area contributed by atoms with Gasteiger partial charge in [0.05, 0.1) is 0 Å². The summed E-state index contributed by atoms with van der Waals surface area (Å²) in [5.74, 6) is -0.480. The zero-order valence-electron chi connectivity index (χ0n) is 10.0. The summed E-state index contributed by atoms with van der Waals surface area (Å²) in [6.07, 6.45) is -4.74. The molecule has 1 heterocycles. The summed E-state index contributed by atoms with van der Waals surface area (Å²) < 4.78 is 51.6. The molecule has 0 spiro atoms. The van der Waals surface area contributed by atoms with Crippen molar-refractivity contribution in [3.63, 3.8) is 0 Å². The summed E-state index contributed by atoms with van der Waals surface area (Å²) in [6.45, 7) is 0.112. The Labute approximate surface area is 117 Å². The Morgan fingerprint density at radius 1 is 1.25 bits per heavy atom. The maximum Gasteiger partial charge on any atom is 0.418 e. The molecule has 1 N–H and O–H groups in total. The van der Waals surface area contributed by atoms with Crippen LogP contribution in [-0.4, -0.2) is 15.8 Å². The number of alkyl halides is 3. The van der Waals surface area contributed by atoms with Gasteiger partial charge in [-0.3, -0.25) is 0 Å². The highest BCUT2D eigenvalue weighted by molar-refractivity contribution is 6.31. The van der Waals surface area contributed by atoms with Gasteiger partial charge in [-0.1, -0.05) is 11.6 Å². The van der Waals surface area contributed by atoms with Crippen LogP contribution in [0.25, 0.3) is 0 Å². The predicted molar refractivity (Wildman–Crippen MR) is 66.0 cm³/mol. The molecule has 1 atom stereocenters. The van der Waals surface area contributed by atoms with Crippen molar-refractivity contribution in [3.8, 4) is 0 Å². The van der Waals surface area contributed by atoms with Gasteiger partial charge in [-0.25, -0.2) is 4.39 Å². The molecule has 0 bridgehead atoms. The van der Waals surface area contributed by atoms with Crippen LogP contribution < -0.4 is 0 Å². The van der Waals surface area contributed by atoms with E-state index < -0.39 is 18.1 Å². The van der Waals surface area contributed by atoms with Crippen LogP contribution in [0.5, 0.6) is 0 Å². The van der Waals surface area contributed by atoms with Gasteiger partial charge in [-0.2, -0.15) is 13.2 Å². The van der Waals surface area contributed by atoms with E-state index in [2.05, 4.69) is 0 Å². The first-order valence-electron chi connectivity index (χ1n) is 5.62. The highest BCUT2D eigenvalue weighted by Gasteiger charge is 2.39. The second-order valence-electron chi connectivity index (χ2n) is 4.30. The molecule has 0 aliphatic carbocycles. The SMILES string of the molecule is OC(c1ccn(Cc2cc(F)ccc2Cl)c1)C(F)(F)F. The average molecular weight is 308 g/mol. The van der Waals surface area contributed by atoms with Crippen molar-refractivity contribution in [2.75, 3.05) is 0 Å². The van der Waals surface area contributed by atoms with Crippen molar-refractivity contribution in [2.24, 2.45) is 0 Å². The molecule has 1 aromatic carbocycles. The molecule has 0 amide bonds. The number of aliphatic hydroxyl groups is 1. The van der Waals surface area contributed by atoms with Crippen LogP contribution in [0.4, 0.5) is 17.6 Å². The van der Waals surface area contributed by atoms with Crippen molar-refractivity contribution in [2.45, 2.75) is 18.8 Å². The molecule has 0 saturated heterocycles. The number of hydrogen-bond acceptors (Lipinski definition) is 1. The summed E-state index contributed by atoms with van der Waals surface area (Å²) in [4.78, 5) is 0. The van der Waals surface area contributed by atoms with Crippen LogP contribution in [0.15, 0.2) is 36.7 Å². The van der Waals surface area contributed by atoms with E-state index in [1.165, 1.54) is 29.0 Å². The Hall–Kier alpha value is -1.53. The normalized spacial score (nSPS) is 13.5. The van der Waals surface area contributed by atoms with Crippen LogP contribution in [0.3, 0.4) is 0 Å². The van der Waals surface area contributed by atoms with Crippen molar-refractivity contribution in [1.82, 2.24) is 4.57 Å². The lowest BCUT2D eigenvalue weighted by Gasteiger charge is -2.12. The van der Waals surface area contributed by atoms with Gasteiger partial charge in [0.1, 0.15) is 5.82 Å². The fourth-order valence-electron chi connectivity index (χ4n) is 1.77. The topological polar surface area (TPSA) is 25.2 Å². The quantitative estimate of drug-likeness (QED) is 0.854. The molecule has 2 rings (SSSR count). The number of aliphatic hydroxyl groups excluding tert-OH is 1. The van der Waals surface area contributed by atoms with Crippen LogP contribution in [0, 0.1) is 5.82 Å². The Bertz CT molecular complexity index is 609. The first kappa shape index (κ1) is 14.9. The number of aromatic nitrogens is 1. The maximum absolute atomic E-state index is 13.1. The highest BCUT2D eigenvalue weighted by Crippen LogP contribution is 2.32. The van der Waals surface area contributed by atoms with E-state index in [0.29, 0.717) is 10.6 Å². The zero-order valence-corrected chi connectivity index (χ0v) is 10.8. The number of halogens is 5. The molecule has 0 aliphatic heterocycles. The number of hydrogen-bond donors (Lipinski definition) is 1. The lowest BCUT2D eigenvalue weighted by atomic mass is 10.2. The minimum absolute atomic E-state index is 0.112. The van der Waals surface area contributed by atoms with E-state index in [0.717, 1.165) is 12.3 Å². The second-order valence-corrected chi connectivity index (χ2v) is 4.70. The summed E-state index contributed by atoms with van der Waals surface area (Å²) in [5, 5.41) is 9.43. The summed E-state index contributed by atoms with van der Waals surface area (Å²) in [7, 11) is 0. The van der Waals surface area contributed by atoms with E-state index in [-0.39, 0.29) is 12.1 Å². The van der Waals surface area contributed by atoms with Gasteiger partial charge >= 0.3 is 6.18 Å². The number of nitrogens with zero attached hydrogens (tertiary/aromatic N) is 1. The van der Waals surface area contributed by atoms with Gasteiger partial charge in [0.2, 0.25) is 0 Å². The standard InChI is InChI=1S/C13H10ClF4NO/c14-11-2-1-10(15)5-9(11)7-19-4-3-8(6-19)12(20)13(16,17)18/h1-6,12,20H,7H2. The molecular weight excluding hydrogens is 298 g/mol. The zero-order chi connectivity index (χ0) is 14.9. The Morgan fingerprint density at radius 2 is 1.95 bits per heavy atom. The van der Waals surface area contributed by atoms with Crippen LogP contribution in [0.1, 0.15) is 17.2 Å². The molecular formula is C13H10ClF4NO. The van der Waals surface area contributed by atoms with Crippen molar-refractivity contribution in [1.29, 1.82) is 0 Å². The first-order chi connectivity index (χ1) is 9.27. The predicted octanol–water partition coefficient (Wildman–Crippen LogP) is 3.92. The Morgan fingerprint density at radius 3 is 2.60 bits per heavy atom. The number of benzene rings is 1. The van der Waals surface area contributed by atoms with E-state index in [9.17, 15) is 17.6 Å². The monoisotopic (exact) mass is 307 g/mol. The third-order valence-electron chi connectivity index (χ3n) is 2.76. The number of rotatable bonds is 3. The minimum Gasteiger partial charge on any atom is -0.379 e.